The molecular formula is C29H28F4N6O. The molecule has 0 aliphatic carbocycles. The molecule has 1 aromatic carbocycles. The summed E-state index contributed by atoms with van der Waals surface area (Å²) in [5, 5.41) is 6.70. The van der Waals surface area contributed by atoms with Gasteiger partial charge in [-0.1, -0.05) is 24.8 Å². The molecule has 4 heterocycles. The summed E-state index contributed by atoms with van der Waals surface area (Å²) < 4.78 is 57.6. The zero-order valence-corrected chi connectivity index (χ0v) is 21.8. The van der Waals surface area contributed by atoms with E-state index in [1.165, 1.54) is 6.08 Å². The van der Waals surface area contributed by atoms with E-state index >= 15 is 0 Å². The third-order valence-electron chi connectivity index (χ3n) is 6.93. The minimum Gasteiger partial charge on any atom is -0.379 e. The molecule has 2 atom stereocenters. The summed E-state index contributed by atoms with van der Waals surface area (Å²) in [4.78, 5) is 22.8. The summed E-state index contributed by atoms with van der Waals surface area (Å²) in [7, 11) is 1.85. The van der Waals surface area contributed by atoms with Crippen LogP contribution in [0.25, 0.3) is 28.1 Å². The predicted molar refractivity (Wildman–Crippen MR) is 148 cm³/mol. The zero-order valence-electron chi connectivity index (χ0n) is 21.8. The van der Waals surface area contributed by atoms with Crippen molar-refractivity contribution in [3.05, 3.63) is 84.6 Å². The molecule has 40 heavy (non-hydrogen) atoms. The van der Waals surface area contributed by atoms with E-state index in [2.05, 4.69) is 27.2 Å². The van der Waals surface area contributed by atoms with Crippen LogP contribution in [0.15, 0.2) is 67.6 Å². The number of imidazole rings is 1. The fourth-order valence-corrected chi connectivity index (χ4v) is 4.78. The number of nitrogens with one attached hydrogen (secondary N) is 2. The summed E-state index contributed by atoms with van der Waals surface area (Å²) in [6.45, 7) is 4.36. The second kappa shape index (κ2) is 11.1. The third-order valence-corrected chi connectivity index (χ3v) is 6.93. The van der Waals surface area contributed by atoms with Crippen molar-refractivity contribution in [2.45, 2.75) is 24.8 Å². The molecule has 208 valence electrons. The quantitative estimate of drug-likeness (QED) is 0.302. The Kier molecular flexibility index (Phi) is 7.57. The van der Waals surface area contributed by atoms with Crippen LogP contribution in [0.5, 0.6) is 0 Å². The van der Waals surface area contributed by atoms with Gasteiger partial charge < -0.3 is 19.9 Å². The van der Waals surface area contributed by atoms with Crippen LogP contribution in [0.4, 0.5) is 23.2 Å². The highest BCUT2D eigenvalue weighted by atomic mass is 19.4. The summed E-state index contributed by atoms with van der Waals surface area (Å²) >= 11 is 0. The number of halogens is 4. The van der Waals surface area contributed by atoms with E-state index in [0.717, 1.165) is 0 Å². The van der Waals surface area contributed by atoms with Crippen molar-refractivity contribution < 1.29 is 22.4 Å². The molecule has 5 rings (SSSR count). The van der Waals surface area contributed by atoms with Crippen LogP contribution in [0, 0.1) is 0 Å². The fourth-order valence-electron chi connectivity index (χ4n) is 4.78. The lowest BCUT2D eigenvalue weighted by Gasteiger charge is -2.33. The molecule has 0 bridgehead atoms. The molecule has 1 saturated heterocycles. The van der Waals surface area contributed by atoms with Gasteiger partial charge in [0.15, 0.2) is 0 Å². The van der Waals surface area contributed by atoms with E-state index in [9.17, 15) is 22.4 Å². The summed E-state index contributed by atoms with van der Waals surface area (Å²) in [5.41, 5.74) is 0.536. The number of fused-ring (bicyclic) bond motifs is 2. The fraction of sp³-hybridized carbons (Fsp3) is 0.276. The Balaban J connectivity index is 1.40. The van der Waals surface area contributed by atoms with E-state index in [4.69, 9.17) is 0 Å². The minimum atomic E-state index is -4.69. The highest BCUT2D eigenvalue weighted by Gasteiger charge is 2.35. The number of carbonyl (C=O) groups is 1. The van der Waals surface area contributed by atoms with Crippen LogP contribution in [-0.4, -0.2) is 70.2 Å². The molecule has 11 heteroatoms. The van der Waals surface area contributed by atoms with Crippen LogP contribution in [0.2, 0.25) is 0 Å². The molecule has 0 saturated carbocycles. The number of anilines is 1. The van der Waals surface area contributed by atoms with E-state index in [1.54, 1.807) is 65.5 Å². The number of benzene rings is 1. The number of nitrogens with zero attached hydrogens (tertiary/aromatic N) is 4. The average molecular weight is 553 g/mol. The van der Waals surface area contributed by atoms with Gasteiger partial charge >= 0.3 is 6.18 Å². The van der Waals surface area contributed by atoms with E-state index in [0.29, 0.717) is 35.2 Å². The van der Waals surface area contributed by atoms with Gasteiger partial charge in [-0.3, -0.25) is 4.79 Å². The molecule has 0 spiro atoms. The Morgan fingerprint density at radius 2 is 2.05 bits per heavy atom. The molecule has 0 unspecified atom stereocenters. The van der Waals surface area contributed by atoms with Gasteiger partial charge in [-0.2, -0.15) is 13.2 Å². The summed E-state index contributed by atoms with van der Waals surface area (Å²) in [5.74, 6) is -0.316. The Hall–Kier alpha value is -4.25. The first kappa shape index (κ1) is 27.3. The second-order valence-electron chi connectivity index (χ2n) is 9.81. The van der Waals surface area contributed by atoms with E-state index in [1.807, 2.05) is 11.9 Å². The van der Waals surface area contributed by atoms with Crippen LogP contribution in [-0.2, 0) is 0 Å². The van der Waals surface area contributed by atoms with Crippen molar-refractivity contribution in [1.82, 2.24) is 24.6 Å². The number of carbonyl (C=O) groups excluding carboxylic acids is 1. The van der Waals surface area contributed by atoms with Gasteiger partial charge in [0.05, 0.1) is 28.6 Å². The minimum absolute atomic E-state index is 0.120. The largest absolute Gasteiger partial charge is 0.417 e. The van der Waals surface area contributed by atoms with Crippen molar-refractivity contribution in [2.75, 3.05) is 32.0 Å². The maximum atomic E-state index is 14.8. The smallest absolute Gasteiger partial charge is 0.379 e. The maximum Gasteiger partial charge on any atom is 0.417 e. The first-order valence-electron chi connectivity index (χ1n) is 12.8. The Labute approximate surface area is 228 Å². The lowest BCUT2D eigenvalue weighted by molar-refractivity contribution is -0.0688. The molecule has 1 aliphatic rings. The number of likely N-dealkylation sites (tertiary alicyclic amines) is 1. The third kappa shape index (κ3) is 5.84. The number of hydrogen-bond donors (Lipinski definition) is 2. The average Bonchev–Trinajstić information content (AvgIpc) is 3.39. The van der Waals surface area contributed by atoms with Gasteiger partial charge in [-0.25, -0.2) is 14.4 Å². The maximum absolute atomic E-state index is 14.8. The summed E-state index contributed by atoms with van der Waals surface area (Å²) in [6.07, 6.45) is 2.90. The van der Waals surface area contributed by atoms with Crippen LogP contribution in [0.3, 0.4) is 0 Å². The Morgan fingerprint density at radius 3 is 2.83 bits per heavy atom. The monoisotopic (exact) mass is 552 g/mol. The lowest BCUT2D eigenvalue weighted by Crippen LogP contribution is -2.46. The van der Waals surface area contributed by atoms with Crippen LogP contribution in [0.1, 0.15) is 28.2 Å². The van der Waals surface area contributed by atoms with Crippen molar-refractivity contribution in [3.8, 4) is 0 Å². The number of pyridine rings is 2. The van der Waals surface area contributed by atoms with Gasteiger partial charge in [-0.05, 0) is 43.8 Å². The van der Waals surface area contributed by atoms with Crippen molar-refractivity contribution in [2.24, 2.45) is 0 Å². The normalized spacial score (nSPS) is 18.4. The summed E-state index contributed by atoms with van der Waals surface area (Å²) in [6, 6.07) is 9.44. The molecule has 1 aliphatic heterocycles. The SMILES string of the molecule is C=C(c1nc(/C=C/CNC(=O)c2ccc3nccn3c2)cc2c(N[C@@H]3CCN(C)C[C@@H]3F)cccc12)C(F)(F)F. The van der Waals surface area contributed by atoms with Gasteiger partial charge in [0.25, 0.3) is 5.91 Å². The first-order valence-corrected chi connectivity index (χ1v) is 12.8. The lowest BCUT2D eigenvalue weighted by atomic mass is 9.99. The van der Waals surface area contributed by atoms with Gasteiger partial charge in [-0.15, -0.1) is 0 Å². The van der Waals surface area contributed by atoms with Crippen molar-refractivity contribution >= 4 is 39.7 Å². The van der Waals surface area contributed by atoms with E-state index in [-0.39, 0.29) is 35.8 Å². The number of allylic oxidation sites excluding steroid dienone is 1. The molecule has 7 nitrogen and oxygen atoms in total. The molecule has 4 aromatic rings. The standard InChI is InChI=1S/C29H28F4N6O/c1-18(29(31,32)33)27-21-6-3-7-24(37-25-10-13-38(2)17-23(25)30)22(21)15-20(36-27)5-4-11-35-28(40)19-8-9-26-34-12-14-39(26)16-19/h3-9,12,14-16,23,25,37H,1,10-11,13,17H2,2H3,(H,35,40)/b5-4+/t23-,25+/m0/s1. The van der Waals surface area contributed by atoms with Crippen LogP contribution < -0.4 is 10.6 Å². The van der Waals surface area contributed by atoms with Crippen molar-refractivity contribution in [1.29, 1.82) is 0 Å². The first-order chi connectivity index (χ1) is 19.1. The zero-order chi connectivity index (χ0) is 28.4. The number of alkyl halides is 4. The molecular weight excluding hydrogens is 524 g/mol. The highest BCUT2D eigenvalue weighted by molar-refractivity contribution is 6.01. The molecule has 1 fully saturated rings. The number of amides is 1. The number of piperidine rings is 1. The molecule has 2 N–H and O–H groups in total. The van der Waals surface area contributed by atoms with Gasteiger partial charge in [0.2, 0.25) is 0 Å². The molecule has 3 aromatic heterocycles. The molecule has 0 radical (unpaired) electrons. The number of aromatic nitrogens is 3. The topological polar surface area (TPSA) is 74.6 Å². The number of hydrogen-bond acceptors (Lipinski definition) is 5. The highest BCUT2D eigenvalue weighted by Crippen LogP contribution is 2.37. The molecule has 1 amide bonds. The second-order valence-corrected chi connectivity index (χ2v) is 9.81. The Bertz CT molecular complexity index is 1590. The predicted octanol–water partition coefficient (Wildman–Crippen LogP) is 5.36. The van der Waals surface area contributed by atoms with Crippen molar-refractivity contribution in [3.63, 3.8) is 0 Å². The van der Waals surface area contributed by atoms with Gasteiger partial charge in [0.1, 0.15) is 11.8 Å². The van der Waals surface area contributed by atoms with E-state index < -0.39 is 24.0 Å². The number of rotatable bonds is 7. The van der Waals surface area contributed by atoms with Gasteiger partial charge in [0, 0.05) is 54.7 Å². The Morgan fingerprint density at radius 1 is 1.23 bits per heavy atom. The van der Waals surface area contributed by atoms with Crippen LogP contribution >= 0.6 is 0 Å².